The molecule has 24 heavy (non-hydrogen) atoms. The predicted octanol–water partition coefficient (Wildman–Crippen LogP) is 2.01. The number of methoxy groups -OCH3 is 1. The molecule has 0 saturated carbocycles. The highest BCUT2D eigenvalue weighted by atomic mass is 32.2. The van der Waals surface area contributed by atoms with Crippen molar-refractivity contribution in [3.8, 4) is 5.75 Å². The number of ether oxygens (including phenoxy) is 1. The molecule has 0 spiro atoms. The summed E-state index contributed by atoms with van der Waals surface area (Å²) in [6, 6.07) is 10.9. The molecule has 7 nitrogen and oxygen atoms in total. The van der Waals surface area contributed by atoms with Crippen molar-refractivity contribution >= 4 is 22.2 Å². The Morgan fingerprint density at radius 2 is 1.96 bits per heavy atom. The maximum atomic E-state index is 12.4. The van der Waals surface area contributed by atoms with Gasteiger partial charge in [0.25, 0.3) is 10.0 Å². The summed E-state index contributed by atoms with van der Waals surface area (Å²) in [4.78, 5) is 13.1. The molecule has 0 aliphatic heterocycles. The minimum atomic E-state index is -3.95. The number of carboxylic acid groups (broad SMARTS) is 1. The van der Waals surface area contributed by atoms with Crippen LogP contribution in [0.3, 0.4) is 0 Å². The Morgan fingerprint density at radius 3 is 2.62 bits per heavy atom. The van der Waals surface area contributed by atoms with Gasteiger partial charge in [0.1, 0.15) is 10.6 Å². The molecule has 2 aromatic carbocycles. The molecular formula is C16H16N2O5S. The van der Waals surface area contributed by atoms with Crippen LogP contribution in [0.1, 0.15) is 21.5 Å². The normalized spacial score (nSPS) is 11.4. The number of carbonyl (C=O) groups is 1. The number of hydrazone groups is 1. The van der Waals surface area contributed by atoms with E-state index in [0.717, 1.165) is 11.8 Å². The standard InChI is InChI=1S/C16H16N2O5S/c1-11-7-8-14(23-2)15(9-11)24(21,22)18-17-10-12-5-3-4-6-13(12)16(19)20/h3-10,18H,1-2H3,(H,19,20)/b17-10+. The van der Waals surface area contributed by atoms with E-state index in [-0.39, 0.29) is 21.8 Å². The molecule has 0 aromatic heterocycles. The van der Waals surface area contributed by atoms with Gasteiger partial charge in [-0.25, -0.2) is 4.79 Å². The second-order valence-electron chi connectivity index (χ2n) is 4.90. The van der Waals surface area contributed by atoms with Gasteiger partial charge in [0.05, 0.1) is 18.9 Å². The second-order valence-corrected chi connectivity index (χ2v) is 6.53. The first-order valence-corrected chi connectivity index (χ1v) is 8.35. The maximum absolute atomic E-state index is 12.4. The summed E-state index contributed by atoms with van der Waals surface area (Å²) in [5.74, 6) is -0.936. The Kier molecular flexibility index (Phi) is 5.20. The molecule has 0 heterocycles. The highest BCUT2D eigenvalue weighted by Gasteiger charge is 2.19. The molecule has 2 aromatic rings. The lowest BCUT2D eigenvalue weighted by atomic mass is 10.1. The van der Waals surface area contributed by atoms with Crippen molar-refractivity contribution in [2.24, 2.45) is 5.10 Å². The van der Waals surface area contributed by atoms with Crippen molar-refractivity contribution in [3.05, 3.63) is 59.2 Å². The Hall–Kier alpha value is -2.87. The first-order valence-electron chi connectivity index (χ1n) is 6.87. The number of nitrogens with zero attached hydrogens (tertiary/aromatic N) is 1. The molecule has 126 valence electrons. The van der Waals surface area contributed by atoms with Crippen LogP contribution in [0.25, 0.3) is 0 Å². The van der Waals surface area contributed by atoms with Crippen molar-refractivity contribution in [1.82, 2.24) is 4.83 Å². The van der Waals surface area contributed by atoms with Gasteiger partial charge in [-0.2, -0.15) is 18.4 Å². The van der Waals surface area contributed by atoms with Gasteiger partial charge in [0.2, 0.25) is 0 Å². The fourth-order valence-electron chi connectivity index (χ4n) is 2.01. The van der Waals surface area contributed by atoms with Crippen LogP contribution < -0.4 is 9.57 Å². The number of sulfonamides is 1. The molecule has 2 N–H and O–H groups in total. The number of hydrogen-bond donors (Lipinski definition) is 2. The van der Waals surface area contributed by atoms with E-state index in [2.05, 4.69) is 9.93 Å². The molecule has 2 rings (SSSR count). The Morgan fingerprint density at radius 1 is 1.25 bits per heavy atom. The summed E-state index contributed by atoms with van der Waals surface area (Å²) in [6.07, 6.45) is 1.14. The van der Waals surface area contributed by atoms with Crippen LogP contribution in [0.4, 0.5) is 0 Å². The summed E-state index contributed by atoms with van der Waals surface area (Å²) in [5.41, 5.74) is 1.05. The molecule has 0 bridgehead atoms. The Balaban J connectivity index is 2.29. The van der Waals surface area contributed by atoms with Gasteiger partial charge in [0.15, 0.2) is 0 Å². The summed E-state index contributed by atoms with van der Waals surface area (Å²) >= 11 is 0. The number of hydrogen-bond acceptors (Lipinski definition) is 5. The van der Waals surface area contributed by atoms with Gasteiger partial charge < -0.3 is 9.84 Å². The molecule has 0 unspecified atom stereocenters. The summed E-state index contributed by atoms with van der Waals surface area (Å²) in [5, 5.41) is 12.7. The fraction of sp³-hybridized carbons (Fsp3) is 0.125. The third-order valence-electron chi connectivity index (χ3n) is 3.18. The van der Waals surface area contributed by atoms with Gasteiger partial charge in [-0.05, 0) is 30.7 Å². The number of nitrogens with one attached hydrogen (secondary N) is 1. The van der Waals surface area contributed by atoms with Crippen molar-refractivity contribution in [2.45, 2.75) is 11.8 Å². The van der Waals surface area contributed by atoms with Gasteiger partial charge in [-0.3, -0.25) is 0 Å². The first kappa shape index (κ1) is 17.5. The van der Waals surface area contributed by atoms with Crippen molar-refractivity contribution in [1.29, 1.82) is 0 Å². The van der Waals surface area contributed by atoms with E-state index in [0.29, 0.717) is 0 Å². The number of benzene rings is 2. The molecule has 0 aliphatic rings. The molecule has 0 atom stereocenters. The number of rotatable bonds is 6. The van der Waals surface area contributed by atoms with Crippen LogP contribution in [0.5, 0.6) is 5.75 Å². The zero-order valence-corrected chi connectivity index (χ0v) is 13.9. The van der Waals surface area contributed by atoms with Crippen molar-refractivity contribution < 1.29 is 23.1 Å². The average Bonchev–Trinajstić information content (AvgIpc) is 2.55. The zero-order chi connectivity index (χ0) is 17.7. The van der Waals surface area contributed by atoms with E-state index in [9.17, 15) is 13.2 Å². The summed E-state index contributed by atoms with van der Waals surface area (Å²) in [7, 11) is -2.58. The quantitative estimate of drug-likeness (QED) is 0.614. The predicted molar refractivity (Wildman–Crippen MR) is 89.0 cm³/mol. The van der Waals surface area contributed by atoms with Crippen LogP contribution in [-0.2, 0) is 10.0 Å². The lowest BCUT2D eigenvalue weighted by molar-refractivity contribution is 0.0696. The topological polar surface area (TPSA) is 105 Å². The van der Waals surface area contributed by atoms with E-state index in [4.69, 9.17) is 9.84 Å². The smallest absolute Gasteiger partial charge is 0.336 e. The molecule has 0 radical (unpaired) electrons. The van der Waals surface area contributed by atoms with Gasteiger partial charge in [-0.15, -0.1) is 0 Å². The van der Waals surface area contributed by atoms with Crippen molar-refractivity contribution in [2.75, 3.05) is 7.11 Å². The molecule has 8 heteroatoms. The minimum absolute atomic E-state index is 0.0218. The Bertz CT molecular complexity index is 891. The summed E-state index contributed by atoms with van der Waals surface area (Å²) < 4.78 is 29.8. The highest BCUT2D eigenvalue weighted by Crippen LogP contribution is 2.24. The molecule has 0 aliphatic carbocycles. The third kappa shape index (κ3) is 3.90. The average molecular weight is 348 g/mol. The van der Waals surface area contributed by atoms with E-state index >= 15 is 0 Å². The lowest BCUT2D eigenvalue weighted by Gasteiger charge is -2.09. The summed E-state index contributed by atoms with van der Waals surface area (Å²) in [6.45, 7) is 1.75. The van der Waals surface area contributed by atoms with E-state index < -0.39 is 16.0 Å². The Labute approximate surface area is 139 Å². The van der Waals surface area contributed by atoms with E-state index in [1.807, 2.05) is 0 Å². The van der Waals surface area contributed by atoms with Crippen LogP contribution in [0, 0.1) is 6.92 Å². The second kappa shape index (κ2) is 7.14. The van der Waals surface area contributed by atoms with Crippen LogP contribution in [-0.4, -0.2) is 32.8 Å². The van der Waals surface area contributed by atoms with Crippen LogP contribution >= 0.6 is 0 Å². The molecular weight excluding hydrogens is 332 g/mol. The lowest BCUT2D eigenvalue weighted by Crippen LogP contribution is -2.19. The molecule has 0 amide bonds. The largest absolute Gasteiger partial charge is 0.495 e. The first-order chi connectivity index (χ1) is 11.3. The highest BCUT2D eigenvalue weighted by molar-refractivity contribution is 7.89. The van der Waals surface area contributed by atoms with Gasteiger partial charge in [0, 0.05) is 5.56 Å². The van der Waals surface area contributed by atoms with Gasteiger partial charge in [-0.1, -0.05) is 24.3 Å². The molecule has 0 saturated heterocycles. The SMILES string of the molecule is COc1ccc(C)cc1S(=O)(=O)N/N=C/c1ccccc1C(=O)O. The van der Waals surface area contributed by atoms with Crippen molar-refractivity contribution in [3.63, 3.8) is 0 Å². The van der Waals surface area contributed by atoms with Crippen LogP contribution in [0.2, 0.25) is 0 Å². The number of aromatic carboxylic acids is 1. The van der Waals surface area contributed by atoms with E-state index in [1.165, 1.54) is 25.3 Å². The van der Waals surface area contributed by atoms with Crippen LogP contribution in [0.15, 0.2) is 52.5 Å². The minimum Gasteiger partial charge on any atom is -0.495 e. The monoisotopic (exact) mass is 348 g/mol. The fourth-order valence-corrected chi connectivity index (χ4v) is 3.06. The zero-order valence-electron chi connectivity index (χ0n) is 13.1. The maximum Gasteiger partial charge on any atom is 0.336 e. The number of carboxylic acids is 1. The molecule has 0 fully saturated rings. The number of aryl methyl sites for hydroxylation is 1. The van der Waals surface area contributed by atoms with E-state index in [1.54, 1.807) is 31.2 Å². The van der Waals surface area contributed by atoms with Gasteiger partial charge >= 0.3 is 5.97 Å². The third-order valence-corrected chi connectivity index (χ3v) is 4.42.